The molecule has 0 spiro atoms. The molecular weight excluding hydrogens is 358 g/mol. The topological polar surface area (TPSA) is 78.7 Å². The summed E-state index contributed by atoms with van der Waals surface area (Å²) in [6, 6.07) is 9.88. The zero-order chi connectivity index (χ0) is 20.7. The van der Waals surface area contributed by atoms with E-state index in [1.54, 1.807) is 44.4 Å². The molecule has 0 aromatic heterocycles. The van der Waals surface area contributed by atoms with Crippen molar-refractivity contribution in [2.24, 2.45) is 5.92 Å². The molecule has 148 valence electrons. The Hall–Kier alpha value is -3.15. The normalized spacial score (nSPS) is 11.0. The maximum absolute atomic E-state index is 12.4. The van der Waals surface area contributed by atoms with Crippen molar-refractivity contribution in [3.8, 4) is 11.5 Å². The second kappa shape index (κ2) is 9.69. The summed E-state index contributed by atoms with van der Waals surface area (Å²) >= 11 is 0. The number of ether oxygens (including phenoxy) is 2. The minimum Gasteiger partial charge on any atom is -0.493 e. The lowest BCUT2D eigenvalue weighted by Crippen LogP contribution is -2.02. The minimum absolute atomic E-state index is 0.0659. The van der Waals surface area contributed by atoms with E-state index in [1.807, 2.05) is 6.07 Å². The molecule has 6 nitrogen and oxygen atoms in total. The van der Waals surface area contributed by atoms with Crippen LogP contribution in [0, 0.1) is 23.0 Å². The smallest absolute Gasteiger partial charge is 0.273 e. The summed E-state index contributed by atoms with van der Waals surface area (Å²) in [5.41, 5.74) is 1.49. The molecule has 2 aromatic rings. The summed E-state index contributed by atoms with van der Waals surface area (Å²) in [4.78, 5) is 22.9. The minimum atomic E-state index is -0.487. The molecule has 2 rings (SSSR count). The number of allylic oxidation sites excluding steroid dienone is 1. The van der Waals surface area contributed by atoms with E-state index in [-0.39, 0.29) is 17.0 Å². The van der Waals surface area contributed by atoms with Crippen LogP contribution in [0.1, 0.15) is 41.8 Å². The first-order chi connectivity index (χ1) is 13.3. The van der Waals surface area contributed by atoms with Crippen LogP contribution < -0.4 is 9.47 Å². The van der Waals surface area contributed by atoms with E-state index in [2.05, 4.69) is 13.8 Å². The molecule has 0 bridgehead atoms. The fourth-order valence-electron chi connectivity index (χ4n) is 2.54. The molecule has 0 unspecified atom stereocenters. The number of nitro groups is 1. The van der Waals surface area contributed by atoms with Gasteiger partial charge in [0.2, 0.25) is 0 Å². The Morgan fingerprint density at radius 2 is 1.93 bits per heavy atom. The summed E-state index contributed by atoms with van der Waals surface area (Å²) in [7, 11) is 1.56. The summed E-state index contributed by atoms with van der Waals surface area (Å²) < 4.78 is 11.1. The number of benzene rings is 2. The van der Waals surface area contributed by atoms with Gasteiger partial charge in [0, 0.05) is 17.2 Å². The highest BCUT2D eigenvalue weighted by molar-refractivity contribution is 6.07. The van der Waals surface area contributed by atoms with Crippen LogP contribution in [-0.4, -0.2) is 24.4 Å². The molecule has 0 atom stereocenters. The third kappa shape index (κ3) is 5.67. The van der Waals surface area contributed by atoms with Crippen LogP contribution in [0.25, 0.3) is 6.08 Å². The Morgan fingerprint density at radius 3 is 2.57 bits per heavy atom. The standard InChI is InChI=1S/C22H25NO5/c1-15(2)11-12-28-21-10-7-17(13-22(21)27-4)6-9-20(24)18-8-5-16(3)19(14-18)23(25)26/h5-10,13-15H,11-12H2,1-4H3. The van der Waals surface area contributed by atoms with Gasteiger partial charge >= 0.3 is 0 Å². The summed E-state index contributed by atoms with van der Waals surface area (Å²) in [5.74, 6) is 1.49. The molecule has 0 radical (unpaired) electrons. The lowest BCUT2D eigenvalue weighted by molar-refractivity contribution is -0.385. The average Bonchev–Trinajstić information content (AvgIpc) is 2.66. The molecule has 0 N–H and O–H groups in total. The third-order valence-electron chi connectivity index (χ3n) is 4.26. The fraction of sp³-hybridized carbons (Fsp3) is 0.318. The average molecular weight is 383 g/mol. The Morgan fingerprint density at radius 1 is 1.18 bits per heavy atom. The molecule has 2 aromatic carbocycles. The van der Waals surface area contributed by atoms with Gasteiger partial charge in [-0.05, 0) is 43.0 Å². The molecule has 0 amide bonds. The van der Waals surface area contributed by atoms with Crippen molar-refractivity contribution in [1.82, 2.24) is 0 Å². The van der Waals surface area contributed by atoms with E-state index >= 15 is 0 Å². The second-order valence-electron chi connectivity index (χ2n) is 6.90. The predicted molar refractivity (Wildman–Crippen MR) is 109 cm³/mol. The van der Waals surface area contributed by atoms with Gasteiger partial charge in [-0.25, -0.2) is 0 Å². The second-order valence-corrected chi connectivity index (χ2v) is 6.90. The third-order valence-corrected chi connectivity index (χ3v) is 4.26. The molecule has 0 heterocycles. The van der Waals surface area contributed by atoms with Gasteiger partial charge in [0.25, 0.3) is 5.69 Å². The zero-order valence-electron chi connectivity index (χ0n) is 16.6. The number of rotatable bonds is 9. The van der Waals surface area contributed by atoms with Crippen molar-refractivity contribution >= 4 is 17.5 Å². The monoisotopic (exact) mass is 383 g/mol. The van der Waals surface area contributed by atoms with Crippen molar-refractivity contribution in [3.63, 3.8) is 0 Å². The maximum atomic E-state index is 12.4. The van der Waals surface area contributed by atoms with Gasteiger partial charge in [-0.1, -0.05) is 38.1 Å². The van der Waals surface area contributed by atoms with Gasteiger partial charge in [-0.15, -0.1) is 0 Å². The number of ketones is 1. The summed E-state index contributed by atoms with van der Waals surface area (Å²) in [5, 5.41) is 11.0. The van der Waals surface area contributed by atoms with Gasteiger partial charge in [0.05, 0.1) is 18.6 Å². The predicted octanol–water partition coefficient (Wildman–Crippen LogP) is 5.23. The summed E-state index contributed by atoms with van der Waals surface area (Å²) in [6.45, 7) is 6.51. The molecule has 0 aliphatic rings. The fourth-order valence-corrected chi connectivity index (χ4v) is 2.54. The van der Waals surface area contributed by atoms with E-state index in [1.165, 1.54) is 12.1 Å². The lowest BCUT2D eigenvalue weighted by atomic mass is 10.1. The number of nitro benzene ring substituents is 1. The van der Waals surface area contributed by atoms with Gasteiger partial charge in [0.15, 0.2) is 17.3 Å². The SMILES string of the molecule is COc1cc(C=CC(=O)c2ccc(C)c([N+](=O)[O-])c2)ccc1OCCC(C)C. The van der Waals surface area contributed by atoms with Crippen LogP contribution in [0.15, 0.2) is 42.5 Å². The molecule has 0 aliphatic carbocycles. The number of hydrogen-bond acceptors (Lipinski definition) is 5. The highest BCUT2D eigenvalue weighted by atomic mass is 16.6. The van der Waals surface area contributed by atoms with Gasteiger partial charge in [-0.3, -0.25) is 14.9 Å². The molecule has 28 heavy (non-hydrogen) atoms. The first-order valence-corrected chi connectivity index (χ1v) is 9.10. The number of methoxy groups -OCH3 is 1. The van der Waals surface area contributed by atoms with Crippen LogP contribution in [0.4, 0.5) is 5.69 Å². The first kappa shape index (κ1) is 21.2. The van der Waals surface area contributed by atoms with Gasteiger partial charge in [-0.2, -0.15) is 0 Å². The van der Waals surface area contributed by atoms with Crippen LogP contribution >= 0.6 is 0 Å². The number of carbonyl (C=O) groups excluding carboxylic acids is 1. The molecule has 6 heteroatoms. The largest absolute Gasteiger partial charge is 0.493 e. The Labute approximate surface area is 164 Å². The van der Waals surface area contributed by atoms with Crippen molar-refractivity contribution < 1.29 is 19.2 Å². The van der Waals surface area contributed by atoms with Crippen LogP contribution in [0.2, 0.25) is 0 Å². The number of nitrogens with zero attached hydrogens (tertiary/aromatic N) is 1. The van der Waals surface area contributed by atoms with Crippen LogP contribution in [-0.2, 0) is 0 Å². The highest BCUT2D eigenvalue weighted by Crippen LogP contribution is 2.29. The molecule has 0 saturated heterocycles. The number of carbonyl (C=O) groups is 1. The van der Waals surface area contributed by atoms with E-state index in [0.29, 0.717) is 29.6 Å². The quantitative estimate of drug-likeness (QED) is 0.256. The lowest BCUT2D eigenvalue weighted by Gasteiger charge is -2.12. The Balaban J connectivity index is 2.14. The Bertz CT molecular complexity index is 886. The molecule has 0 aliphatic heterocycles. The van der Waals surface area contributed by atoms with Crippen molar-refractivity contribution in [3.05, 3.63) is 69.3 Å². The molecular formula is C22H25NO5. The van der Waals surface area contributed by atoms with Gasteiger partial charge in [0.1, 0.15) is 0 Å². The van der Waals surface area contributed by atoms with E-state index in [9.17, 15) is 14.9 Å². The van der Waals surface area contributed by atoms with E-state index in [4.69, 9.17) is 9.47 Å². The summed E-state index contributed by atoms with van der Waals surface area (Å²) in [6.07, 6.45) is 3.99. The zero-order valence-corrected chi connectivity index (χ0v) is 16.6. The molecule has 0 saturated carbocycles. The maximum Gasteiger partial charge on any atom is 0.273 e. The van der Waals surface area contributed by atoms with Crippen molar-refractivity contribution in [2.45, 2.75) is 27.2 Å². The van der Waals surface area contributed by atoms with Gasteiger partial charge < -0.3 is 9.47 Å². The highest BCUT2D eigenvalue weighted by Gasteiger charge is 2.13. The first-order valence-electron chi connectivity index (χ1n) is 9.10. The van der Waals surface area contributed by atoms with Crippen molar-refractivity contribution in [1.29, 1.82) is 0 Å². The van der Waals surface area contributed by atoms with Crippen LogP contribution in [0.5, 0.6) is 11.5 Å². The van der Waals surface area contributed by atoms with Crippen molar-refractivity contribution in [2.75, 3.05) is 13.7 Å². The number of aryl methyl sites for hydroxylation is 1. The molecule has 0 fully saturated rings. The van der Waals surface area contributed by atoms with E-state index < -0.39 is 4.92 Å². The Kier molecular flexibility index (Phi) is 7.32. The van der Waals surface area contributed by atoms with Crippen LogP contribution in [0.3, 0.4) is 0 Å². The number of hydrogen-bond donors (Lipinski definition) is 0. The van der Waals surface area contributed by atoms with E-state index in [0.717, 1.165) is 12.0 Å².